The molecule has 116 valence electrons. The zero-order valence-corrected chi connectivity index (χ0v) is 12.4. The molecular weight excluding hydrogens is 284 g/mol. The van der Waals surface area contributed by atoms with E-state index >= 15 is 0 Å². The summed E-state index contributed by atoms with van der Waals surface area (Å²) in [6.45, 7) is 0. The molecule has 0 spiro atoms. The largest absolute Gasteiger partial charge is 0.446 e. The van der Waals surface area contributed by atoms with Gasteiger partial charge in [-0.05, 0) is 37.8 Å². The minimum absolute atomic E-state index is 0.114. The number of benzene rings is 1. The van der Waals surface area contributed by atoms with Crippen LogP contribution in [0.5, 0.6) is 0 Å². The Morgan fingerprint density at radius 3 is 2.14 bits per heavy atom. The highest BCUT2D eigenvalue weighted by atomic mass is 16.6. The maximum absolute atomic E-state index is 12.4. The van der Waals surface area contributed by atoms with Crippen LogP contribution in [0.25, 0.3) is 0 Å². The molecule has 1 fully saturated rings. The summed E-state index contributed by atoms with van der Waals surface area (Å²) in [5.41, 5.74) is 0.965. The lowest BCUT2D eigenvalue weighted by atomic mass is 9.92. The van der Waals surface area contributed by atoms with E-state index in [2.05, 4.69) is 5.32 Å². The second-order valence-electron chi connectivity index (χ2n) is 5.61. The molecule has 3 amide bonds. The highest BCUT2D eigenvalue weighted by Gasteiger charge is 2.41. The minimum atomic E-state index is -0.441. The van der Waals surface area contributed by atoms with Crippen LogP contribution in [0.3, 0.4) is 0 Å². The first-order valence-electron chi connectivity index (χ1n) is 7.47. The Hall–Kier alpha value is -2.37. The molecule has 1 saturated carbocycles. The molecule has 1 aromatic carbocycles. The van der Waals surface area contributed by atoms with Crippen LogP contribution < -0.4 is 5.32 Å². The van der Waals surface area contributed by atoms with Gasteiger partial charge in [0.05, 0.1) is 11.1 Å². The van der Waals surface area contributed by atoms with Crippen molar-refractivity contribution in [2.24, 2.45) is 0 Å². The van der Waals surface area contributed by atoms with E-state index in [0.717, 1.165) is 0 Å². The van der Waals surface area contributed by atoms with E-state index in [1.54, 1.807) is 24.3 Å². The monoisotopic (exact) mass is 302 g/mol. The quantitative estimate of drug-likeness (QED) is 0.847. The van der Waals surface area contributed by atoms with Crippen LogP contribution >= 0.6 is 0 Å². The van der Waals surface area contributed by atoms with Gasteiger partial charge in [-0.15, -0.1) is 0 Å². The molecule has 2 aliphatic rings. The average Bonchev–Trinajstić information content (AvgIpc) is 2.80. The highest BCUT2D eigenvalue weighted by molar-refractivity contribution is 6.21. The second-order valence-corrected chi connectivity index (χ2v) is 5.61. The molecule has 3 rings (SSSR count). The molecule has 0 atom stereocenters. The van der Waals surface area contributed by atoms with Crippen LogP contribution in [0.4, 0.5) is 4.79 Å². The summed E-state index contributed by atoms with van der Waals surface area (Å²) in [5, 5.41) is 2.42. The van der Waals surface area contributed by atoms with Crippen molar-refractivity contribution in [3.63, 3.8) is 0 Å². The third-order valence-electron chi connectivity index (χ3n) is 4.31. The van der Waals surface area contributed by atoms with E-state index in [9.17, 15) is 14.4 Å². The summed E-state index contributed by atoms with van der Waals surface area (Å²) in [5.74, 6) is -0.424. The number of hydrogen-bond donors (Lipinski definition) is 1. The van der Waals surface area contributed by atoms with Gasteiger partial charge in [0.15, 0.2) is 0 Å². The first-order valence-corrected chi connectivity index (χ1v) is 7.47. The predicted molar refractivity (Wildman–Crippen MR) is 78.5 cm³/mol. The average molecular weight is 302 g/mol. The Bertz CT molecular complexity index is 585. The van der Waals surface area contributed by atoms with Gasteiger partial charge in [-0.3, -0.25) is 14.5 Å². The molecule has 0 unspecified atom stereocenters. The molecule has 0 bridgehead atoms. The number of imide groups is 1. The molecule has 1 N–H and O–H groups in total. The normalized spacial score (nSPS) is 24.1. The summed E-state index contributed by atoms with van der Waals surface area (Å²) >= 11 is 0. The maximum atomic E-state index is 12.4. The van der Waals surface area contributed by atoms with E-state index in [-0.39, 0.29) is 24.0 Å². The number of hydrogen-bond acceptors (Lipinski definition) is 4. The lowest BCUT2D eigenvalue weighted by Gasteiger charge is -2.33. The number of nitrogens with zero attached hydrogens (tertiary/aromatic N) is 1. The summed E-state index contributed by atoms with van der Waals surface area (Å²) in [4.78, 5) is 37.4. The van der Waals surface area contributed by atoms with Gasteiger partial charge in [0.1, 0.15) is 6.10 Å². The molecule has 0 aromatic heterocycles. The predicted octanol–water partition coefficient (Wildman–Crippen LogP) is 1.95. The van der Waals surface area contributed by atoms with E-state index in [1.165, 1.54) is 11.9 Å². The topological polar surface area (TPSA) is 75.7 Å². The summed E-state index contributed by atoms with van der Waals surface area (Å²) < 4.78 is 5.23. The van der Waals surface area contributed by atoms with Crippen molar-refractivity contribution in [1.82, 2.24) is 10.2 Å². The Labute approximate surface area is 128 Å². The van der Waals surface area contributed by atoms with Crippen molar-refractivity contribution in [3.05, 3.63) is 35.4 Å². The van der Waals surface area contributed by atoms with Crippen molar-refractivity contribution >= 4 is 17.9 Å². The molecule has 1 aliphatic heterocycles. The number of ether oxygens (including phenoxy) is 1. The molecule has 0 radical (unpaired) electrons. The SMILES string of the molecule is CNC(=O)OC1CCC(N2C(=O)c3ccccc3C2=O)CC1. The van der Waals surface area contributed by atoms with Crippen molar-refractivity contribution in [1.29, 1.82) is 0 Å². The number of fused-ring (bicyclic) bond motifs is 1. The summed E-state index contributed by atoms with van der Waals surface area (Å²) in [6.07, 6.45) is 2.05. The number of carbonyl (C=O) groups excluding carboxylic acids is 3. The molecule has 1 aromatic rings. The summed E-state index contributed by atoms with van der Waals surface area (Å²) in [6, 6.07) is 6.80. The van der Waals surface area contributed by atoms with Gasteiger partial charge in [-0.25, -0.2) is 4.79 Å². The van der Waals surface area contributed by atoms with E-state index in [1.807, 2.05) is 0 Å². The number of alkyl carbamates (subject to hydrolysis) is 1. The Morgan fingerprint density at radius 2 is 1.64 bits per heavy atom. The van der Waals surface area contributed by atoms with Crippen molar-refractivity contribution in [2.75, 3.05) is 7.05 Å². The van der Waals surface area contributed by atoms with Crippen LogP contribution in [0.1, 0.15) is 46.4 Å². The molecule has 6 nitrogen and oxygen atoms in total. The minimum Gasteiger partial charge on any atom is -0.446 e. The second kappa shape index (κ2) is 5.79. The third-order valence-corrected chi connectivity index (χ3v) is 4.31. The van der Waals surface area contributed by atoms with Gasteiger partial charge < -0.3 is 10.1 Å². The molecule has 0 saturated heterocycles. The zero-order chi connectivity index (χ0) is 15.7. The summed E-state index contributed by atoms with van der Waals surface area (Å²) in [7, 11) is 1.52. The van der Waals surface area contributed by atoms with Gasteiger partial charge in [0.2, 0.25) is 0 Å². The number of amides is 3. The standard InChI is InChI=1S/C16H18N2O4/c1-17-16(21)22-11-8-6-10(7-9-11)18-14(19)12-4-2-3-5-13(12)15(18)20/h2-5,10-11H,6-9H2,1H3,(H,17,21). The van der Waals surface area contributed by atoms with E-state index < -0.39 is 6.09 Å². The Balaban J connectivity index is 1.67. The Morgan fingerprint density at radius 1 is 1.09 bits per heavy atom. The molecule has 6 heteroatoms. The number of rotatable bonds is 2. The molecule has 22 heavy (non-hydrogen) atoms. The number of nitrogens with one attached hydrogen (secondary N) is 1. The van der Waals surface area contributed by atoms with Crippen molar-refractivity contribution in [2.45, 2.75) is 37.8 Å². The van der Waals surface area contributed by atoms with Crippen LogP contribution in [0, 0.1) is 0 Å². The smallest absolute Gasteiger partial charge is 0.407 e. The van der Waals surface area contributed by atoms with Gasteiger partial charge in [0, 0.05) is 13.1 Å². The highest BCUT2D eigenvalue weighted by Crippen LogP contribution is 2.31. The fraction of sp³-hybridized carbons (Fsp3) is 0.438. The zero-order valence-electron chi connectivity index (χ0n) is 12.4. The lowest BCUT2D eigenvalue weighted by Crippen LogP contribution is -2.43. The van der Waals surface area contributed by atoms with Gasteiger partial charge in [0.25, 0.3) is 11.8 Å². The van der Waals surface area contributed by atoms with Gasteiger partial charge in [-0.1, -0.05) is 12.1 Å². The van der Waals surface area contributed by atoms with Crippen molar-refractivity contribution in [3.8, 4) is 0 Å². The maximum Gasteiger partial charge on any atom is 0.407 e. The number of carbonyl (C=O) groups is 3. The first kappa shape index (κ1) is 14.6. The van der Waals surface area contributed by atoms with E-state index in [4.69, 9.17) is 4.74 Å². The lowest BCUT2D eigenvalue weighted by molar-refractivity contribution is 0.0377. The fourth-order valence-electron chi connectivity index (χ4n) is 3.17. The van der Waals surface area contributed by atoms with Crippen LogP contribution in [-0.2, 0) is 4.74 Å². The van der Waals surface area contributed by atoms with Crippen molar-refractivity contribution < 1.29 is 19.1 Å². The van der Waals surface area contributed by atoms with Gasteiger partial charge >= 0.3 is 6.09 Å². The fourth-order valence-corrected chi connectivity index (χ4v) is 3.17. The molecule has 1 aliphatic carbocycles. The Kier molecular flexibility index (Phi) is 3.83. The molecular formula is C16H18N2O4. The van der Waals surface area contributed by atoms with E-state index in [0.29, 0.717) is 36.8 Å². The van der Waals surface area contributed by atoms with Gasteiger partial charge in [-0.2, -0.15) is 0 Å². The van der Waals surface area contributed by atoms with Crippen LogP contribution in [0.15, 0.2) is 24.3 Å². The first-order chi connectivity index (χ1) is 10.6. The molecule has 1 heterocycles. The third kappa shape index (κ3) is 2.45. The van der Waals surface area contributed by atoms with Crippen LogP contribution in [-0.4, -0.2) is 42.0 Å². The van der Waals surface area contributed by atoms with Crippen LogP contribution in [0.2, 0.25) is 0 Å².